The third-order valence-electron chi connectivity index (χ3n) is 4.53. The van der Waals surface area contributed by atoms with E-state index in [1.54, 1.807) is 0 Å². The molecule has 0 atom stereocenters. The Morgan fingerprint density at radius 2 is 1.83 bits per heavy atom. The molecule has 0 unspecified atom stereocenters. The summed E-state index contributed by atoms with van der Waals surface area (Å²) >= 11 is 0. The van der Waals surface area contributed by atoms with Crippen LogP contribution in [-0.4, -0.2) is 30.5 Å². The molecule has 18 heavy (non-hydrogen) atoms. The maximum absolute atomic E-state index is 5.60. The van der Waals surface area contributed by atoms with E-state index in [0.29, 0.717) is 5.41 Å². The lowest BCUT2D eigenvalue weighted by Gasteiger charge is -2.41. The predicted molar refractivity (Wildman–Crippen MR) is 78.4 cm³/mol. The number of piperidine rings is 1. The van der Waals surface area contributed by atoms with Crippen molar-refractivity contribution in [2.75, 3.05) is 19.6 Å². The molecule has 3 N–H and O–H groups in total. The van der Waals surface area contributed by atoms with E-state index in [-0.39, 0.29) is 0 Å². The lowest BCUT2D eigenvalue weighted by Crippen LogP contribution is -2.50. The summed E-state index contributed by atoms with van der Waals surface area (Å²) in [5.74, 6) is 6.47. The number of hydrogen-bond donors (Lipinski definition) is 2. The second-order valence-corrected chi connectivity index (χ2v) is 5.40. The first-order valence-corrected chi connectivity index (χ1v) is 7.47. The molecular formula is C14H30N4. The fourth-order valence-electron chi connectivity index (χ4n) is 2.73. The van der Waals surface area contributed by atoms with Gasteiger partial charge in [0.25, 0.3) is 0 Å². The van der Waals surface area contributed by atoms with Gasteiger partial charge in [0, 0.05) is 19.6 Å². The minimum Gasteiger partial charge on any atom is -0.342 e. The van der Waals surface area contributed by atoms with Crippen LogP contribution in [0.4, 0.5) is 0 Å². The Balaban J connectivity index is 2.51. The zero-order valence-corrected chi connectivity index (χ0v) is 12.3. The van der Waals surface area contributed by atoms with Gasteiger partial charge in [-0.05, 0) is 24.7 Å². The number of hydrazine groups is 1. The van der Waals surface area contributed by atoms with Crippen LogP contribution in [0.25, 0.3) is 0 Å². The van der Waals surface area contributed by atoms with Crippen molar-refractivity contribution in [2.45, 2.75) is 59.3 Å². The summed E-state index contributed by atoms with van der Waals surface area (Å²) in [5.41, 5.74) is 3.33. The third-order valence-corrected chi connectivity index (χ3v) is 4.53. The van der Waals surface area contributed by atoms with Crippen LogP contribution in [0, 0.1) is 5.41 Å². The van der Waals surface area contributed by atoms with Gasteiger partial charge in [-0.3, -0.25) is 10.4 Å². The normalized spacial score (nSPS) is 20.0. The number of rotatable bonds is 5. The smallest absolute Gasteiger partial charge is 0.208 e. The van der Waals surface area contributed by atoms with Gasteiger partial charge in [0.05, 0.1) is 0 Å². The second-order valence-electron chi connectivity index (χ2n) is 5.40. The number of nitrogens with two attached hydrogens (primary N) is 1. The van der Waals surface area contributed by atoms with Crippen LogP contribution in [0.15, 0.2) is 4.99 Å². The molecular weight excluding hydrogens is 224 g/mol. The van der Waals surface area contributed by atoms with Crippen LogP contribution in [0.1, 0.15) is 59.3 Å². The molecule has 1 heterocycles. The van der Waals surface area contributed by atoms with Gasteiger partial charge < -0.3 is 4.90 Å². The van der Waals surface area contributed by atoms with Crippen LogP contribution >= 0.6 is 0 Å². The second kappa shape index (κ2) is 7.62. The number of hydrogen-bond acceptors (Lipinski definition) is 2. The highest BCUT2D eigenvalue weighted by Gasteiger charge is 2.32. The van der Waals surface area contributed by atoms with E-state index >= 15 is 0 Å². The molecule has 1 saturated heterocycles. The van der Waals surface area contributed by atoms with Gasteiger partial charge in [-0.2, -0.15) is 0 Å². The van der Waals surface area contributed by atoms with Crippen molar-refractivity contribution >= 4 is 5.96 Å². The Morgan fingerprint density at radius 1 is 1.22 bits per heavy atom. The van der Waals surface area contributed by atoms with Crippen LogP contribution < -0.4 is 11.3 Å². The minimum absolute atomic E-state index is 0.555. The Kier molecular flexibility index (Phi) is 6.47. The molecule has 0 aromatic rings. The van der Waals surface area contributed by atoms with Gasteiger partial charge in [0.2, 0.25) is 5.96 Å². The van der Waals surface area contributed by atoms with Crippen LogP contribution in [-0.2, 0) is 0 Å². The zero-order valence-electron chi connectivity index (χ0n) is 12.3. The summed E-state index contributed by atoms with van der Waals surface area (Å²) in [6.07, 6.45) is 7.40. The molecule has 0 radical (unpaired) electrons. The average Bonchev–Trinajstić information content (AvgIpc) is 2.44. The summed E-state index contributed by atoms with van der Waals surface area (Å²) in [6.45, 7) is 9.85. The quantitative estimate of drug-likeness (QED) is 0.261. The number of likely N-dealkylation sites (tertiary alicyclic amines) is 1. The molecule has 1 fully saturated rings. The first kappa shape index (κ1) is 15.3. The number of nitrogens with one attached hydrogen (secondary N) is 1. The molecule has 0 bridgehead atoms. The summed E-state index contributed by atoms with van der Waals surface area (Å²) in [5, 5.41) is 0. The average molecular weight is 254 g/mol. The van der Waals surface area contributed by atoms with E-state index in [0.717, 1.165) is 32.0 Å². The number of aliphatic imine (C=N–C) groups is 1. The van der Waals surface area contributed by atoms with Gasteiger partial charge in [-0.15, -0.1) is 0 Å². The maximum atomic E-state index is 5.60. The van der Waals surface area contributed by atoms with E-state index in [1.807, 2.05) is 0 Å². The van der Waals surface area contributed by atoms with E-state index in [1.165, 1.54) is 32.1 Å². The highest BCUT2D eigenvalue weighted by molar-refractivity contribution is 5.79. The first-order chi connectivity index (χ1) is 8.71. The zero-order chi connectivity index (χ0) is 13.4. The largest absolute Gasteiger partial charge is 0.342 e. The number of unbranched alkanes of at least 4 members (excludes halogenated alkanes) is 1. The van der Waals surface area contributed by atoms with E-state index < -0.39 is 0 Å². The molecule has 0 spiro atoms. The molecule has 4 heteroatoms. The summed E-state index contributed by atoms with van der Waals surface area (Å²) in [4.78, 5) is 6.87. The summed E-state index contributed by atoms with van der Waals surface area (Å²) in [6, 6.07) is 0. The molecule has 1 rings (SSSR count). The number of nitrogens with zero attached hydrogens (tertiary/aromatic N) is 2. The monoisotopic (exact) mass is 254 g/mol. The van der Waals surface area contributed by atoms with Crippen molar-refractivity contribution in [2.24, 2.45) is 16.3 Å². The molecule has 1 aliphatic heterocycles. The maximum Gasteiger partial charge on any atom is 0.208 e. The molecule has 0 saturated carbocycles. The fraction of sp³-hybridized carbons (Fsp3) is 0.929. The molecule has 0 aromatic carbocycles. The van der Waals surface area contributed by atoms with Crippen molar-refractivity contribution < 1.29 is 0 Å². The standard InChI is InChI=1S/C14H30N4/c1-4-7-10-16-13(17-15)18-11-8-14(5-2,6-3)9-12-18/h4-12,15H2,1-3H3,(H,16,17). The van der Waals surface area contributed by atoms with E-state index in [9.17, 15) is 0 Å². The van der Waals surface area contributed by atoms with Crippen LogP contribution in [0.5, 0.6) is 0 Å². The Morgan fingerprint density at radius 3 is 2.28 bits per heavy atom. The molecule has 0 aromatic heterocycles. The van der Waals surface area contributed by atoms with Crippen molar-refractivity contribution in [3.05, 3.63) is 0 Å². The molecule has 0 amide bonds. The Labute approximate surface area is 112 Å². The predicted octanol–water partition coefficient (Wildman–Crippen LogP) is 2.51. The highest BCUT2D eigenvalue weighted by atomic mass is 15.4. The first-order valence-electron chi connectivity index (χ1n) is 7.47. The van der Waals surface area contributed by atoms with Crippen LogP contribution in [0.3, 0.4) is 0 Å². The van der Waals surface area contributed by atoms with Gasteiger partial charge in [-0.1, -0.05) is 40.0 Å². The van der Waals surface area contributed by atoms with Crippen molar-refractivity contribution in [3.8, 4) is 0 Å². The van der Waals surface area contributed by atoms with Gasteiger partial charge in [0.15, 0.2) is 0 Å². The third kappa shape index (κ3) is 3.87. The Bertz CT molecular complexity index is 249. The van der Waals surface area contributed by atoms with Crippen molar-refractivity contribution in [1.82, 2.24) is 10.3 Å². The van der Waals surface area contributed by atoms with Crippen molar-refractivity contribution in [3.63, 3.8) is 0 Å². The van der Waals surface area contributed by atoms with Gasteiger partial charge in [-0.25, -0.2) is 5.84 Å². The molecule has 4 nitrogen and oxygen atoms in total. The Hall–Kier alpha value is -0.770. The van der Waals surface area contributed by atoms with Crippen molar-refractivity contribution in [1.29, 1.82) is 0 Å². The van der Waals surface area contributed by atoms with Crippen LogP contribution in [0.2, 0.25) is 0 Å². The van der Waals surface area contributed by atoms with Gasteiger partial charge >= 0.3 is 0 Å². The molecule has 0 aliphatic carbocycles. The lowest BCUT2D eigenvalue weighted by molar-refractivity contribution is 0.133. The lowest BCUT2D eigenvalue weighted by atomic mass is 9.74. The highest BCUT2D eigenvalue weighted by Crippen LogP contribution is 2.37. The molecule has 106 valence electrons. The minimum atomic E-state index is 0.555. The topological polar surface area (TPSA) is 53.6 Å². The number of guanidine groups is 1. The van der Waals surface area contributed by atoms with E-state index in [2.05, 4.69) is 36.1 Å². The summed E-state index contributed by atoms with van der Waals surface area (Å²) < 4.78 is 0. The van der Waals surface area contributed by atoms with Gasteiger partial charge in [0.1, 0.15) is 0 Å². The fourth-order valence-corrected chi connectivity index (χ4v) is 2.73. The summed E-state index contributed by atoms with van der Waals surface area (Å²) in [7, 11) is 0. The molecule has 1 aliphatic rings. The SMILES string of the molecule is CCCCN=C(NN)N1CCC(CC)(CC)CC1. The van der Waals surface area contributed by atoms with E-state index in [4.69, 9.17) is 5.84 Å².